The molecule has 2 N–H and O–H groups in total. The van der Waals surface area contributed by atoms with Gasteiger partial charge < -0.3 is 15.3 Å². The molecule has 0 radical (unpaired) electrons. The maximum Gasteiger partial charge on any atom is 0.0917 e. The maximum absolute atomic E-state index is 10.3. The van der Waals surface area contributed by atoms with E-state index in [1.165, 1.54) is 16.8 Å². The molecule has 2 unspecified atom stereocenters. The van der Waals surface area contributed by atoms with E-state index in [2.05, 4.69) is 49.2 Å². The molecule has 3 heteroatoms. The van der Waals surface area contributed by atoms with Gasteiger partial charge in [0.1, 0.15) is 0 Å². The smallest absolute Gasteiger partial charge is 0.0917 e. The summed E-state index contributed by atoms with van der Waals surface area (Å²) < 4.78 is 0. The van der Waals surface area contributed by atoms with E-state index in [0.717, 1.165) is 6.54 Å². The van der Waals surface area contributed by atoms with Gasteiger partial charge in [0.25, 0.3) is 0 Å². The largest absolute Gasteiger partial charge is 0.387 e. The van der Waals surface area contributed by atoms with Crippen molar-refractivity contribution in [1.29, 1.82) is 0 Å². The molecule has 0 bridgehead atoms. The van der Waals surface area contributed by atoms with Crippen LogP contribution in [-0.2, 0) is 0 Å². The highest BCUT2D eigenvalue weighted by molar-refractivity contribution is 5.55. The Hall–Kier alpha value is -1.06. The molecule has 0 saturated carbocycles. The van der Waals surface area contributed by atoms with Crippen LogP contribution in [0.4, 0.5) is 5.69 Å². The summed E-state index contributed by atoms with van der Waals surface area (Å²) in [6.45, 7) is 10.6. The molecule has 1 aliphatic rings. The Bertz CT molecular complexity index is 429. The fraction of sp³-hybridized carbons (Fsp3) is 0.600. The first-order valence-electron chi connectivity index (χ1n) is 6.66. The maximum atomic E-state index is 10.3. The van der Waals surface area contributed by atoms with Crippen LogP contribution in [0.5, 0.6) is 0 Å². The van der Waals surface area contributed by atoms with E-state index in [4.69, 9.17) is 0 Å². The van der Waals surface area contributed by atoms with E-state index in [1.54, 1.807) is 0 Å². The lowest BCUT2D eigenvalue weighted by molar-refractivity contribution is 0.0726. The summed E-state index contributed by atoms with van der Waals surface area (Å²) in [5.41, 5.74) is 3.11. The van der Waals surface area contributed by atoms with Crippen LogP contribution in [0.25, 0.3) is 0 Å². The first-order chi connectivity index (χ1) is 8.39. The van der Waals surface area contributed by atoms with Gasteiger partial charge in [0.2, 0.25) is 0 Å². The van der Waals surface area contributed by atoms with E-state index in [9.17, 15) is 5.11 Å². The molecule has 1 aliphatic heterocycles. The van der Waals surface area contributed by atoms with E-state index < -0.39 is 5.60 Å². The van der Waals surface area contributed by atoms with Crippen molar-refractivity contribution in [2.24, 2.45) is 0 Å². The molecule has 1 aromatic rings. The van der Waals surface area contributed by atoms with Crippen LogP contribution in [-0.4, -0.2) is 36.4 Å². The molecule has 3 nitrogen and oxygen atoms in total. The number of β-amino-alcohol motifs (C(OH)–C–C–N with tert-alkyl or cyclic N) is 1. The fourth-order valence-corrected chi connectivity index (χ4v) is 2.69. The third-order valence-corrected chi connectivity index (χ3v) is 3.65. The normalized spacial score (nSPS) is 29.2. The number of rotatable bonds is 1. The van der Waals surface area contributed by atoms with Crippen molar-refractivity contribution in [2.75, 3.05) is 24.5 Å². The summed E-state index contributed by atoms with van der Waals surface area (Å²) in [5.74, 6) is 0. The molecule has 1 saturated heterocycles. The van der Waals surface area contributed by atoms with Crippen LogP contribution in [0.15, 0.2) is 18.2 Å². The molecular formula is C15H24N2O. The Labute approximate surface area is 110 Å². The number of nitrogens with one attached hydrogen (secondary N) is 1. The molecule has 2 rings (SSSR count). The summed E-state index contributed by atoms with van der Waals surface area (Å²) in [6, 6.07) is 6.90. The number of benzene rings is 1. The van der Waals surface area contributed by atoms with Crippen LogP contribution in [0.1, 0.15) is 25.0 Å². The Kier molecular flexibility index (Phi) is 3.64. The zero-order valence-electron chi connectivity index (χ0n) is 11.8. The SMILES string of the molecule is Cc1ccc(N2CC(C)(O)CNCC2C)c(C)c1. The van der Waals surface area contributed by atoms with E-state index in [0.29, 0.717) is 19.1 Å². The third kappa shape index (κ3) is 2.85. The summed E-state index contributed by atoms with van der Waals surface area (Å²) in [5, 5.41) is 13.7. The minimum atomic E-state index is -0.678. The average Bonchev–Trinajstić information content (AvgIpc) is 2.38. The van der Waals surface area contributed by atoms with Crippen LogP contribution in [0, 0.1) is 13.8 Å². The molecule has 1 fully saturated rings. The van der Waals surface area contributed by atoms with Gasteiger partial charge >= 0.3 is 0 Å². The van der Waals surface area contributed by atoms with Gasteiger partial charge in [-0.2, -0.15) is 0 Å². The first-order valence-corrected chi connectivity index (χ1v) is 6.66. The Morgan fingerprint density at radius 1 is 1.39 bits per heavy atom. The van der Waals surface area contributed by atoms with Gasteiger partial charge in [-0.05, 0) is 39.3 Å². The van der Waals surface area contributed by atoms with Gasteiger partial charge in [-0.15, -0.1) is 0 Å². The number of aliphatic hydroxyl groups is 1. The standard InChI is InChI=1S/C15H24N2O/c1-11-5-6-14(12(2)7-11)17-10-15(4,18)9-16-8-13(17)3/h5-7,13,16,18H,8-10H2,1-4H3. The molecule has 0 amide bonds. The number of hydrogen-bond donors (Lipinski definition) is 2. The minimum Gasteiger partial charge on any atom is -0.387 e. The molecule has 100 valence electrons. The van der Waals surface area contributed by atoms with Crippen LogP contribution in [0.2, 0.25) is 0 Å². The average molecular weight is 248 g/mol. The summed E-state index contributed by atoms with van der Waals surface area (Å²) in [7, 11) is 0. The quantitative estimate of drug-likeness (QED) is 0.796. The number of hydrogen-bond acceptors (Lipinski definition) is 3. The highest BCUT2D eigenvalue weighted by atomic mass is 16.3. The lowest BCUT2D eigenvalue weighted by atomic mass is 10.0. The monoisotopic (exact) mass is 248 g/mol. The highest BCUT2D eigenvalue weighted by Gasteiger charge is 2.30. The second-order valence-electron chi connectivity index (χ2n) is 5.89. The van der Waals surface area contributed by atoms with Gasteiger partial charge in [-0.3, -0.25) is 0 Å². The first kappa shape index (κ1) is 13.4. The van der Waals surface area contributed by atoms with Crippen molar-refractivity contribution in [3.05, 3.63) is 29.3 Å². The van der Waals surface area contributed by atoms with E-state index >= 15 is 0 Å². The second kappa shape index (κ2) is 4.90. The van der Waals surface area contributed by atoms with E-state index in [1.807, 2.05) is 6.92 Å². The molecular weight excluding hydrogens is 224 g/mol. The van der Waals surface area contributed by atoms with Crippen LogP contribution < -0.4 is 10.2 Å². The molecule has 0 spiro atoms. The highest BCUT2D eigenvalue weighted by Crippen LogP contribution is 2.26. The Morgan fingerprint density at radius 2 is 2.11 bits per heavy atom. The Morgan fingerprint density at radius 3 is 2.78 bits per heavy atom. The van der Waals surface area contributed by atoms with Crippen LogP contribution >= 0.6 is 0 Å². The lowest BCUT2D eigenvalue weighted by Crippen LogP contribution is -2.45. The number of anilines is 1. The minimum absolute atomic E-state index is 0.389. The van der Waals surface area contributed by atoms with Crippen LogP contribution in [0.3, 0.4) is 0 Å². The van der Waals surface area contributed by atoms with Crippen molar-refractivity contribution in [2.45, 2.75) is 39.3 Å². The molecule has 1 heterocycles. The zero-order valence-corrected chi connectivity index (χ0v) is 11.8. The fourth-order valence-electron chi connectivity index (χ4n) is 2.69. The molecule has 0 aliphatic carbocycles. The predicted molar refractivity (Wildman–Crippen MR) is 76.2 cm³/mol. The van der Waals surface area contributed by atoms with Gasteiger partial charge in [-0.25, -0.2) is 0 Å². The van der Waals surface area contributed by atoms with Crippen molar-refractivity contribution in [3.8, 4) is 0 Å². The van der Waals surface area contributed by atoms with Gasteiger partial charge in [0.15, 0.2) is 0 Å². The number of aryl methyl sites for hydroxylation is 2. The topological polar surface area (TPSA) is 35.5 Å². The lowest BCUT2D eigenvalue weighted by Gasteiger charge is -2.34. The van der Waals surface area contributed by atoms with Crippen molar-refractivity contribution in [1.82, 2.24) is 5.32 Å². The van der Waals surface area contributed by atoms with Gasteiger partial charge in [0.05, 0.1) is 5.60 Å². The van der Waals surface area contributed by atoms with Crippen molar-refractivity contribution in [3.63, 3.8) is 0 Å². The van der Waals surface area contributed by atoms with Gasteiger partial charge in [0, 0.05) is 31.4 Å². The molecule has 1 aromatic carbocycles. The second-order valence-corrected chi connectivity index (χ2v) is 5.89. The van der Waals surface area contributed by atoms with Gasteiger partial charge in [-0.1, -0.05) is 17.7 Å². The van der Waals surface area contributed by atoms with Crippen molar-refractivity contribution >= 4 is 5.69 Å². The van der Waals surface area contributed by atoms with E-state index in [-0.39, 0.29) is 0 Å². The molecule has 18 heavy (non-hydrogen) atoms. The number of nitrogens with zero attached hydrogens (tertiary/aromatic N) is 1. The molecule has 2 atom stereocenters. The summed E-state index contributed by atoms with van der Waals surface area (Å²) >= 11 is 0. The Balaban J connectivity index is 2.33. The third-order valence-electron chi connectivity index (χ3n) is 3.65. The summed E-state index contributed by atoms with van der Waals surface area (Å²) in [4.78, 5) is 2.31. The molecule has 0 aromatic heterocycles. The summed E-state index contributed by atoms with van der Waals surface area (Å²) in [6.07, 6.45) is 0. The predicted octanol–water partition coefficient (Wildman–Crippen LogP) is 1.85. The van der Waals surface area contributed by atoms with Crippen molar-refractivity contribution < 1.29 is 5.11 Å². The zero-order chi connectivity index (χ0) is 13.3.